The highest BCUT2D eigenvalue weighted by atomic mass is 79.9. The third kappa shape index (κ3) is 1.11. The zero-order valence-electron chi connectivity index (χ0n) is 7.52. The Kier molecular flexibility index (Phi) is 1.99. The Bertz CT molecular complexity index is 315. The Morgan fingerprint density at radius 2 is 1.92 bits per heavy atom. The summed E-state index contributed by atoms with van der Waals surface area (Å²) in [6.07, 6.45) is 2.51. The monoisotopic (exact) mass is 224 g/mol. The molecular formula is C11H13Br. The van der Waals surface area contributed by atoms with Gasteiger partial charge in [-0.15, -0.1) is 0 Å². The summed E-state index contributed by atoms with van der Waals surface area (Å²) in [7, 11) is 0. The lowest BCUT2D eigenvalue weighted by molar-refractivity contribution is 0.899. The summed E-state index contributed by atoms with van der Waals surface area (Å²) in [4.78, 5) is 0.604. The molecule has 1 aromatic carbocycles. The Labute approximate surface area is 82.1 Å². The van der Waals surface area contributed by atoms with Crippen molar-refractivity contribution in [1.29, 1.82) is 0 Å². The molecule has 0 radical (unpaired) electrons. The summed E-state index contributed by atoms with van der Waals surface area (Å²) in [6.45, 7) is 4.42. The van der Waals surface area contributed by atoms with E-state index in [-0.39, 0.29) is 0 Å². The number of rotatable bonds is 0. The first kappa shape index (κ1) is 8.31. The first-order valence-corrected chi connectivity index (χ1v) is 5.35. The summed E-state index contributed by atoms with van der Waals surface area (Å²) in [6, 6.07) is 4.47. The molecule has 64 valence electrons. The number of alkyl halides is 1. The summed E-state index contributed by atoms with van der Waals surface area (Å²) in [5.74, 6) is 0. The van der Waals surface area contributed by atoms with E-state index >= 15 is 0 Å². The third-order valence-corrected chi connectivity index (χ3v) is 3.69. The van der Waals surface area contributed by atoms with Crippen LogP contribution in [0.5, 0.6) is 0 Å². The maximum atomic E-state index is 3.72. The van der Waals surface area contributed by atoms with Gasteiger partial charge in [0.1, 0.15) is 0 Å². The zero-order chi connectivity index (χ0) is 8.72. The van der Waals surface area contributed by atoms with Gasteiger partial charge in [0.15, 0.2) is 0 Å². The van der Waals surface area contributed by atoms with Gasteiger partial charge in [-0.3, -0.25) is 0 Å². The van der Waals surface area contributed by atoms with Crippen molar-refractivity contribution < 1.29 is 0 Å². The molecule has 0 bridgehead atoms. The molecule has 1 aliphatic carbocycles. The normalized spacial score (nSPS) is 21.1. The van der Waals surface area contributed by atoms with Gasteiger partial charge in [0.05, 0.1) is 0 Å². The van der Waals surface area contributed by atoms with Crippen molar-refractivity contribution in [3.63, 3.8) is 0 Å². The fourth-order valence-corrected chi connectivity index (χ4v) is 2.94. The van der Waals surface area contributed by atoms with Crippen molar-refractivity contribution in [2.45, 2.75) is 31.5 Å². The van der Waals surface area contributed by atoms with Crippen LogP contribution in [0.1, 0.15) is 33.5 Å². The summed E-state index contributed by atoms with van der Waals surface area (Å²) >= 11 is 3.72. The van der Waals surface area contributed by atoms with E-state index in [9.17, 15) is 0 Å². The van der Waals surface area contributed by atoms with Crippen molar-refractivity contribution in [3.8, 4) is 0 Å². The first-order valence-electron chi connectivity index (χ1n) is 4.43. The van der Waals surface area contributed by atoms with Gasteiger partial charge in [0, 0.05) is 4.83 Å². The average molecular weight is 225 g/mol. The molecule has 0 heterocycles. The van der Waals surface area contributed by atoms with E-state index in [1.54, 1.807) is 11.1 Å². The van der Waals surface area contributed by atoms with Crippen LogP contribution in [-0.4, -0.2) is 0 Å². The maximum Gasteiger partial charge on any atom is 0.0403 e. The number of aryl methyl sites for hydroxylation is 2. The molecule has 0 fully saturated rings. The number of benzene rings is 1. The molecule has 0 amide bonds. The van der Waals surface area contributed by atoms with Crippen molar-refractivity contribution in [2.75, 3.05) is 0 Å². The standard InChI is InChI=1S/C11H13Br/c1-7-3-4-8(2)11-9(7)5-6-10(11)12/h3-4,10H,5-6H2,1-2H3. The molecule has 0 spiro atoms. The summed E-state index contributed by atoms with van der Waals surface area (Å²) in [5, 5.41) is 0. The van der Waals surface area contributed by atoms with Crippen molar-refractivity contribution in [1.82, 2.24) is 0 Å². The summed E-state index contributed by atoms with van der Waals surface area (Å²) < 4.78 is 0. The van der Waals surface area contributed by atoms with Crippen LogP contribution in [0.15, 0.2) is 12.1 Å². The average Bonchev–Trinajstić information content (AvgIpc) is 2.42. The van der Waals surface area contributed by atoms with E-state index in [1.165, 1.54) is 24.0 Å². The topological polar surface area (TPSA) is 0 Å². The lowest BCUT2D eigenvalue weighted by Gasteiger charge is -2.09. The second-order valence-corrected chi connectivity index (χ2v) is 4.70. The van der Waals surface area contributed by atoms with Gasteiger partial charge >= 0.3 is 0 Å². The number of fused-ring (bicyclic) bond motifs is 1. The van der Waals surface area contributed by atoms with E-state index in [2.05, 4.69) is 41.9 Å². The third-order valence-electron chi connectivity index (χ3n) is 2.77. The van der Waals surface area contributed by atoms with Crippen LogP contribution in [0, 0.1) is 13.8 Å². The van der Waals surface area contributed by atoms with Crippen LogP contribution in [-0.2, 0) is 6.42 Å². The number of hydrogen-bond donors (Lipinski definition) is 0. The van der Waals surface area contributed by atoms with Gasteiger partial charge in [0.2, 0.25) is 0 Å². The van der Waals surface area contributed by atoms with Gasteiger partial charge in [-0.2, -0.15) is 0 Å². The van der Waals surface area contributed by atoms with Crippen molar-refractivity contribution in [2.24, 2.45) is 0 Å². The van der Waals surface area contributed by atoms with Crippen molar-refractivity contribution >= 4 is 15.9 Å². The highest BCUT2D eigenvalue weighted by Gasteiger charge is 2.22. The zero-order valence-corrected chi connectivity index (χ0v) is 9.11. The predicted octanol–water partition coefficient (Wildman–Crippen LogP) is 3.69. The fraction of sp³-hybridized carbons (Fsp3) is 0.455. The van der Waals surface area contributed by atoms with Gasteiger partial charge in [-0.25, -0.2) is 0 Å². The molecule has 1 heteroatoms. The molecule has 0 N–H and O–H groups in total. The molecule has 0 saturated heterocycles. The van der Waals surface area contributed by atoms with E-state index < -0.39 is 0 Å². The number of hydrogen-bond acceptors (Lipinski definition) is 0. The van der Waals surface area contributed by atoms with E-state index in [0.29, 0.717) is 4.83 Å². The van der Waals surface area contributed by atoms with E-state index in [4.69, 9.17) is 0 Å². The SMILES string of the molecule is Cc1ccc(C)c2c1CCC2Br. The molecule has 1 unspecified atom stereocenters. The molecule has 1 aromatic rings. The molecule has 12 heavy (non-hydrogen) atoms. The number of halogens is 1. The lowest BCUT2D eigenvalue weighted by atomic mass is 10.0. The fourth-order valence-electron chi connectivity index (χ4n) is 2.07. The minimum atomic E-state index is 0.604. The Balaban J connectivity index is 2.64. The molecule has 0 aromatic heterocycles. The molecule has 0 saturated carbocycles. The summed E-state index contributed by atoms with van der Waals surface area (Å²) in [5.41, 5.74) is 6.03. The van der Waals surface area contributed by atoms with Crippen LogP contribution in [0.3, 0.4) is 0 Å². The Morgan fingerprint density at radius 1 is 1.25 bits per heavy atom. The molecule has 2 rings (SSSR count). The van der Waals surface area contributed by atoms with Crippen LogP contribution < -0.4 is 0 Å². The minimum absolute atomic E-state index is 0.604. The molecule has 1 aliphatic rings. The predicted molar refractivity (Wildman–Crippen MR) is 55.9 cm³/mol. The van der Waals surface area contributed by atoms with Crippen LogP contribution >= 0.6 is 15.9 Å². The van der Waals surface area contributed by atoms with E-state index in [0.717, 1.165) is 0 Å². The quantitative estimate of drug-likeness (QED) is 0.591. The van der Waals surface area contributed by atoms with Crippen LogP contribution in [0.25, 0.3) is 0 Å². The first-order chi connectivity index (χ1) is 5.70. The van der Waals surface area contributed by atoms with Gasteiger partial charge in [-0.05, 0) is 48.9 Å². The minimum Gasteiger partial charge on any atom is -0.0838 e. The van der Waals surface area contributed by atoms with Crippen LogP contribution in [0.2, 0.25) is 0 Å². The maximum absolute atomic E-state index is 3.72. The van der Waals surface area contributed by atoms with Gasteiger partial charge in [0.25, 0.3) is 0 Å². The highest BCUT2D eigenvalue weighted by Crippen LogP contribution is 2.40. The molecule has 0 nitrogen and oxygen atoms in total. The molecule has 0 aliphatic heterocycles. The Morgan fingerprint density at radius 3 is 2.58 bits per heavy atom. The van der Waals surface area contributed by atoms with Gasteiger partial charge < -0.3 is 0 Å². The molecule has 1 atom stereocenters. The van der Waals surface area contributed by atoms with E-state index in [1.807, 2.05) is 0 Å². The Hall–Kier alpha value is -0.300. The van der Waals surface area contributed by atoms with Crippen molar-refractivity contribution in [3.05, 3.63) is 34.4 Å². The smallest absolute Gasteiger partial charge is 0.0403 e. The molecular weight excluding hydrogens is 212 g/mol. The van der Waals surface area contributed by atoms with Gasteiger partial charge in [-0.1, -0.05) is 28.1 Å². The largest absolute Gasteiger partial charge is 0.0838 e. The second kappa shape index (κ2) is 2.88. The lowest BCUT2D eigenvalue weighted by Crippen LogP contribution is -1.91. The van der Waals surface area contributed by atoms with Crippen LogP contribution in [0.4, 0.5) is 0 Å². The second-order valence-electron chi connectivity index (χ2n) is 3.60. The highest BCUT2D eigenvalue weighted by molar-refractivity contribution is 9.09.